The van der Waals surface area contributed by atoms with Crippen LogP contribution in [0.25, 0.3) is 0 Å². The lowest BCUT2D eigenvalue weighted by Gasteiger charge is -2.02. The highest BCUT2D eigenvalue weighted by Gasteiger charge is 1.97. The Kier molecular flexibility index (Phi) is 3.94. The fourth-order valence-electron chi connectivity index (χ4n) is 1.38. The van der Waals surface area contributed by atoms with E-state index in [9.17, 15) is 0 Å². The molecule has 0 aliphatic rings. The summed E-state index contributed by atoms with van der Waals surface area (Å²) in [6, 6.07) is 17.5. The molecule has 0 aliphatic carbocycles. The van der Waals surface area contributed by atoms with Gasteiger partial charge in [0.15, 0.2) is 5.75 Å². The highest BCUT2D eigenvalue weighted by atomic mass is 79.9. The Labute approximate surface area is 109 Å². The molecule has 0 saturated carbocycles. The Morgan fingerprint density at radius 3 is 2.53 bits per heavy atom. The molecule has 86 valence electrons. The van der Waals surface area contributed by atoms with Crippen molar-refractivity contribution in [3.05, 3.63) is 64.6 Å². The molecule has 0 N–H and O–H groups in total. The Balaban J connectivity index is 2.11. The van der Waals surface area contributed by atoms with Crippen LogP contribution in [0.5, 0.6) is 5.75 Å². The molecule has 3 heteroatoms. The van der Waals surface area contributed by atoms with E-state index in [-0.39, 0.29) is 0 Å². The van der Waals surface area contributed by atoms with Gasteiger partial charge in [0.2, 0.25) is 0 Å². The molecule has 2 aromatic carbocycles. The fourth-order valence-corrected chi connectivity index (χ4v) is 1.76. The normalized spacial score (nSPS) is 11.3. The molecule has 0 heterocycles. The summed E-state index contributed by atoms with van der Waals surface area (Å²) in [7, 11) is 0. The monoisotopic (exact) mass is 289 g/mol. The molecule has 0 radical (unpaired) electrons. The van der Waals surface area contributed by atoms with Gasteiger partial charge in [-0.2, -0.15) is 0 Å². The van der Waals surface area contributed by atoms with Gasteiger partial charge in [0, 0.05) is 4.47 Å². The lowest BCUT2D eigenvalue weighted by Crippen LogP contribution is -1.97. The van der Waals surface area contributed by atoms with E-state index >= 15 is 0 Å². The van der Waals surface area contributed by atoms with Gasteiger partial charge in [0.05, 0.1) is 5.71 Å². The molecule has 0 saturated heterocycles. The first-order chi connectivity index (χ1) is 8.25. The van der Waals surface area contributed by atoms with Crippen molar-refractivity contribution < 1.29 is 4.84 Å². The zero-order valence-electron chi connectivity index (χ0n) is 9.43. The van der Waals surface area contributed by atoms with E-state index in [1.165, 1.54) is 0 Å². The summed E-state index contributed by atoms with van der Waals surface area (Å²) in [5.41, 5.74) is 1.91. The third-order valence-corrected chi connectivity index (χ3v) is 2.77. The minimum absolute atomic E-state index is 0.717. The van der Waals surface area contributed by atoms with E-state index in [1.807, 2.05) is 61.5 Å². The average Bonchev–Trinajstić information content (AvgIpc) is 2.37. The molecule has 0 bridgehead atoms. The zero-order valence-corrected chi connectivity index (χ0v) is 11.0. The highest BCUT2D eigenvalue weighted by Crippen LogP contribution is 2.18. The van der Waals surface area contributed by atoms with E-state index in [0.717, 1.165) is 21.5 Å². The Bertz CT molecular complexity index is 523. The van der Waals surface area contributed by atoms with Crippen molar-refractivity contribution in [1.29, 1.82) is 0 Å². The maximum atomic E-state index is 5.36. The second-order valence-electron chi connectivity index (χ2n) is 3.59. The largest absolute Gasteiger partial charge is 0.357 e. The standard InChI is InChI=1S/C14H12BrNO/c1-11(12-6-3-2-4-7-12)16-17-14-9-5-8-13(15)10-14/h2-10H,1H3/b16-11+. The van der Waals surface area contributed by atoms with Crippen molar-refractivity contribution >= 4 is 21.6 Å². The average molecular weight is 290 g/mol. The predicted molar refractivity (Wildman–Crippen MR) is 73.4 cm³/mol. The van der Waals surface area contributed by atoms with Crippen LogP contribution in [0.2, 0.25) is 0 Å². The Hall–Kier alpha value is -1.61. The van der Waals surface area contributed by atoms with Gasteiger partial charge in [-0.05, 0) is 30.7 Å². The molecule has 2 rings (SSSR count). The molecule has 2 aromatic rings. The number of rotatable bonds is 3. The Morgan fingerprint density at radius 1 is 1.06 bits per heavy atom. The topological polar surface area (TPSA) is 21.6 Å². The van der Waals surface area contributed by atoms with Gasteiger partial charge in [-0.1, -0.05) is 57.5 Å². The first-order valence-electron chi connectivity index (χ1n) is 5.28. The van der Waals surface area contributed by atoms with Crippen LogP contribution < -0.4 is 4.84 Å². The summed E-state index contributed by atoms with van der Waals surface area (Å²) in [6.45, 7) is 1.92. The maximum absolute atomic E-state index is 5.36. The summed E-state index contributed by atoms with van der Waals surface area (Å²) in [5.74, 6) is 0.717. The summed E-state index contributed by atoms with van der Waals surface area (Å²) >= 11 is 3.39. The third kappa shape index (κ3) is 3.43. The number of nitrogens with zero attached hydrogens (tertiary/aromatic N) is 1. The molecule has 2 nitrogen and oxygen atoms in total. The molecule has 0 spiro atoms. The third-order valence-electron chi connectivity index (χ3n) is 2.28. The molecule has 17 heavy (non-hydrogen) atoms. The summed E-state index contributed by atoms with van der Waals surface area (Å²) < 4.78 is 0.975. The SMILES string of the molecule is C/C(=N\Oc1cccc(Br)c1)c1ccccc1. The Morgan fingerprint density at radius 2 is 1.82 bits per heavy atom. The number of hydrogen-bond acceptors (Lipinski definition) is 2. The number of oxime groups is 1. The zero-order chi connectivity index (χ0) is 12.1. The van der Waals surface area contributed by atoms with Crippen molar-refractivity contribution in [1.82, 2.24) is 0 Å². The maximum Gasteiger partial charge on any atom is 0.159 e. The number of benzene rings is 2. The number of hydrogen-bond donors (Lipinski definition) is 0. The van der Waals surface area contributed by atoms with E-state index in [4.69, 9.17) is 4.84 Å². The van der Waals surface area contributed by atoms with Gasteiger partial charge in [-0.3, -0.25) is 0 Å². The molecule has 0 aromatic heterocycles. The van der Waals surface area contributed by atoms with E-state index in [2.05, 4.69) is 21.1 Å². The van der Waals surface area contributed by atoms with Gasteiger partial charge in [-0.15, -0.1) is 0 Å². The molecule has 0 unspecified atom stereocenters. The van der Waals surface area contributed by atoms with Crippen LogP contribution in [0, 0.1) is 0 Å². The van der Waals surface area contributed by atoms with Gasteiger partial charge in [-0.25, -0.2) is 0 Å². The van der Waals surface area contributed by atoms with E-state index in [0.29, 0.717) is 0 Å². The van der Waals surface area contributed by atoms with Gasteiger partial charge in [0.25, 0.3) is 0 Å². The van der Waals surface area contributed by atoms with E-state index in [1.54, 1.807) is 0 Å². The predicted octanol–water partition coefficient (Wildman–Crippen LogP) is 4.25. The molecule has 0 aliphatic heterocycles. The lowest BCUT2D eigenvalue weighted by atomic mass is 10.1. The van der Waals surface area contributed by atoms with Gasteiger partial charge < -0.3 is 4.84 Å². The minimum Gasteiger partial charge on any atom is -0.357 e. The molecular weight excluding hydrogens is 278 g/mol. The van der Waals surface area contributed by atoms with Crippen LogP contribution in [-0.2, 0) is 0 Å². The first kappa shape index (κ1) is 11.9. The molecule has 0 amide bonds. The van der Waals surface area contributed by atoms with Crippen molar-refractivity contribution in [3.63, 3.8) is 0 Å². The van der Waals surface area contributed by atoms with Crippen molar-refractivity contribution in [2.45, 2.75) is 6.92 Å². The smallest absolute Gasteiger partial charge is 0.159 e. The van der Waals surface area contributed by atoms with Crippen LogP contribution in [0.1, 0.15) is 12.5 Å². The van der Waals surface area contributed by atoms with Crippen LogP contribution in [0.4, 0.5) is 0 Å². The molecule has 0 atom stereocenters. The molecular formula is C14H12BrNO. The second-order valence-corrected chi connectivity index (χ2v) is 4.51. The number of halogens is 1. The van der Waals surface area contributed by atoms with Crippen LogP contribution >= 0.6 is 15.9 Å². The van der Waals surface area contributed by atoms with Gasteiger partial charge in [0.1, 0.15) is 0 Å². The van der Waals surface area contributed by atoms with Crippen LogP contribution in [0.15, 0.2) is 64.2 Å². The van der Waals surface area contributed by atoms with Gasteiger partial charge >= 0.3 is 0 Å². The quantitative estimate of drug-likeness (QED) is 0.611. The van der Waals surface area contributed by atoms with Crippen molar-refractivity contribution in [3.8, 4) is 5.75 Å². The summed E-state index contributed by atoms with van der Waals surface area (Å²) in [5, 5.41) is 4.10. The summed E-state index contributed by atoms with van der Waals surface area (Å²) in [6.07, 6.45) is 0. The van der Waals surface area contributed by atoms with Crippen LogP contribution in [-0.4, -0.2) is 5.71 Å². The van der Waals surface area contributed by atoms with Crippen molar-refractivity contribution in [2.75, 3.05) is 0 Å². The molecule has 0 fully saturated rings. The lowest BCUT2D eigenvalue weighted by molar-refractivity contribution is 0.341. The van der Waals surface area contributed by atoms with Crippen LogP contribution in [0.3, 0.4) is 0 Å². The minimum atomic E-state index is 0.717. The fraction of sp³-hybridized carbons (Fsp3) is 0.0714. The van der Waals surface area contributed by atoms with Crippen molar-refractivity contribution in [2.24, 2.45) is 5.16 Å². The van der Waals surface area contributed by atoms with E-state index < -0.39 is 0 Å². The summed E-state index contributed by atoms with van der Waals surface area (Å²) in [4.78, 5) is 5.36. The first-order valence-corrected chi connectivity index (χ1v) is 6.07. The second kappa shape index (κ2) is 5.64. The highest BCUT2D eigenvalue weighted by molar-refractivity contribution is 9.10.